The molecule has 1 nitrogen and oxygen atoms in total. The second-order valence-electron chi connectivity index (χ2n) is 3.07. The molecular formula is C11H20O. The van der Waals surface area contributed by atoms with Crippen molar-refractivity contribution >= 4 is 0 Å². The molecule has 70 valence electrons. The predicted molar refractivity (Wildman–Crippen MR) is 53.0 cm³/mol. The molecule has 0 atom stereocenters. The lowest BCUT2D eigenvalue weighted by Gasteiger charge is -1.99. The molecule has 0 aliphatic rings. The lowest BCUT2D eigenvalue weighted by atomic mass is 10.1. The molecule has 0 aromatic rings. The van der Waals surface area contributed by atoms with E-state index in [1.807, 2.05) is 0 Å². The zero-order valence-corrected chi connectivity index (χ0v) is 8.14. The topological polar surface area (TPSA) is 9.23 Å². The Balaban J connectivity index is 2.78. The Morgan fingerprint density at radius 1 is 1.00 bits per heavy atom. The maximum Gasteiger partial charge on any atom is 0.0462 e. The minimum Gasteiger partial charge on any atom is -0.385 e. The van der Waals surface area contributed by atoms with Gasteiger partial charge in [0.1, 0.15) is 0 Å². The summed E-state index contributed by atoms with van der Waals surface area (Å²) < 4.78 is 4.96. The summed E-state index contributed by atoms with van der Waals surface area (Å²) in [7, 11) is 1.76. The monoisotopic (exact) mass is 168 g/mol. The van der Waals surface area contributed by atoms with Crippen LogP contribution in [-0.4, -0.2) is 13.7 Å². The van der Waals surface area contributed by atoms with Crippen LogP contribution in [0.2, 0.25) is 0 Å². The van der Waals surface area contributed by atoms with Crippen molar-refractivity contribution in [2.75, 3.05) is 13.7 Å². The van der Waals surface area contributed by atoms with Crippen LogP contribution in [0.15, 0.2) is 0 Å². The minimum absolute atomic E-state index is 0.907. The minimum atomic E-state index is 0.907. The van der Waals surface area contributed by atoms with Gasteiger partial charge in [0.2, 0.25) is 0 Å². The van der Waals surface area contributed by atoms with Crippen molar-refractivity contribution in [3.63, 3.8) is 0 Å². The number of rotatable bonds is 8. The number of hydrogen-bond acceptors (Lipinski definition) is 1. The quantitative estimate of drug-likeness (QED) is 0.400. The van der Waals surface area contributed by atoms with Gasteiger partial charge in [-0.15, -0.1) is 12.3 Å². The van der Waals surface area contributed by atoms with Gasteiger partial charge in [0.15, 0.2) is 0 Å². The van der Waals surface area contributed by atoms with Crippen LogP contribution in [0.25, 0.3) is 0 Å². The first-order valence-electron chi connectivity index (χ1n) is 4.84. The number of hydrogen-bond donors (Lipinski definition) is 0. The Labute approximate surface area is 76.5 Å². The zero-order valence-electron chi connectivity index (χ0n) is 8.14. The molecule has 0 aromatic carbocycles. The van der Waals surface area contributed by atoms with Crippen molar-refractivity contribution in [3.05, 3.63) is 0 Å². The fourth-order valence-electron chi connectivity index (χ4n) is 1.18. The van der Waals surface area contributed by atoms with E-state index >= 15 is 0 Å². The Morgan fingerprint density at radius 3 is 2.17 bits per heavy atom. The smallest absolute Gasteiger partial charge is 0.0462 e. The van der Waals surface area contributed by atoms with Gasteiger partial charge >= 0.3 is 0 Å². The Hall–Kier alpha value is -0.480. The Kier molecular flexibility index (Phi) is 10.1. The van der Waals surface area contributed by atoms with E-state index in [1.54, 1.807) is 7.11 Å². The Morgan fingerprint density at radius 2 is 1.58 bits per heavy atom. The van der Waals surface area contributed by atoms with Crippen molar-refractivity contribution in [1.82, 2.24) is 0 Å². The normalized spacial score (nSPS) is 9.67. The summed E-state index contributed by atoms with van der Waals surface area (Å²) in [5, 5.41) is 0. The van der Waals surface area contributed by atoms with E-state index in [9.17, 15) is 0 Å². The summed E-state index contributed by atoms with van der Waals surface area (Å²) in [6.07, 6.45) is 13.7. The van der Waals surface area contributed by atoms with Gasteiger partial charge in [-0.2, -0.15) is 0 Å². The molecule has 0 heterocycles. The van der Waals surface area contributed by atoms with E-state index in [0.717, 1.165) is 13.0 Å². The fraction of sp³-hybridized carbons (Fsp3) is 0.818. The van der Waals surface area contributed by atoms with E-state index in [4.69, 9.17) is 11.2 Å². The molecule has 12 heavy (non-hydrogen) atoms. The molecular weight excluding hydrogens is 148 g/mol. The summed E-state index contributed by atoms with van der Waals surface area (Å²) in [5.74, 6) is 2.66. The molecule has 0 bridgehead atoms. The second-order valence-corrected chi connectivity index (χ2v) is 3.07. The maximum absolute atomic E-state index is 5.14. The van der Waals surface area contributed by atoms with Crippen LogP contribution in [0.3, 0.4) is 0 Å². The van der Waals surface area contributed by atoms with E-state index < -0.39 is 0 Å². The van der Waals surface area contributed by atoms with Gasteiger partial charge in [0.25, 0.3) is 0 Å². The van der Waals surface area contributed by atoms with E-state index in [2.05, 4.69) is 5.92 Å². The van der Waals surface area contributed by atoms with Gasteiger partial charge in [-0.05, 0) is 12.8 Å². The Bertz CT molecular complexity index is 113. The average Bonchev–Trinajstić information content (AvgIpc) is 2.10. The van der Waals surface area contributed by atoms with Crippen LogP contribution in [0.5, 0.6) is 0 Å². The van der Waals surface area contributed by atoms with E-state index in [1.165, 1.54) is 38.5 Å². The van der Waals surface area contributed by atoms with Crippen LogP contribution >= 0.6 is 0 Å². The lowest BCUT2D eigenvalue weighted by Crippen LogP contribution is -1.88. The summed E-state index contributed by atoms with van der Waals surface area (Å²) in [4.78, 5) is 0. The molecule has 0 rings (SSSR count). The molecule has 0 aromatic heterocycles. The summed E-state index contributed by atoms with van der Waals surface area (Å²) in [5.41, 5.74) is 0. The van der Waals surface area contributed by atoms with Crippen molar-refractivity contribution < 1.29 is 4.74 Å². The van der Waals surface area contributed by atoms with E-state index in [0.29, 0.717) is 0 Å². The lowest BCUT2D eigenvalue weighted by molar-refractivity contribution is 0.192. The van der Waals surface area contributed by atoms with Gasteiger partial charge in [-0.1, -0.05) is 25.7 Å². The summed E-state index contributed by atoms with van der Waals surface area (Å²) in [6, 6.07) is 0. The second kappa shape index (κ2) is 10.5. The first-order valence-corrected chi connectivity index (χ1v) is 4.84. The van der Waals surface area contributed by atoms with Gasteiger partial charge < -0.3 is 4.74 Å². The van der Waals surface area contributed by atoms with Crippen LogP contribution in [-0.2, 0) is 4.74 Å². The highest BCUT2D eigenvalue weighted by Gasteiger charge is 1.89. The van der Waals surface area contributed by atoms with Crippen LogP contribution in [0.1, 0.15) is 44.9 Å². The van der Waals surface area contributed by atoms with E-state index in [-0.39, 0.29) is 0 Å². The largest absolute Gasteiger partial charge is 0.385 e. The van der Waals surface area contributed by atoms with Gasteiger partial charge in [0.05, 0.1) is 0 Å². The van der Waals surface area contributed by atoms with Crippen LogP contribution in [0, 0.1) is 12.3 Å². The molecule has 0 spiro atoms. The highest BCUT2D eigenvalue weighted by atomic mass is 16.5. The molecule has 0 saturated heterocycles. The molecule has 0 radical (unpaired) electrons. The molecule has 1 heteroatoms. The maximum atomic E-state index is 5.14. The molecule has 0 aliphatic carbocycles. The number of ether oxygens (including phenoxy) is 1. The van der Waals surface area contributed by atoms with Gasteiger partial charge in [0, 0.05) is 20.1 Å². The summed E-state index contributed by atoms with van der Waals surface area (Å²) >= 11 is 0. The fourth-order valence-corrected chi connectivity index (χ4v) is 1.18. The predicted octanol–water partition coefficient (Wildman–Crippen LogP) is 3.00. The van der Waals surface area contributed by atoms with Crippen molar-refractivity contribution in [2.24, 2.45) is 0 Å². The third-order valence-electron chi connectivity index (χ3n) is 1.92. The average molecular weight is 168 g/mol. The van der Waals surface area contributed by atoms with Crippen molar-refractivity contribution in [2.45, 2.75) is 44.9 Å². The van der Waals surface area contributed by atoms with Crippen LogP contribution < -0.4 is 0 Å². The van der Waals surface area contributed by atoms with Gasteiger partial charge in [-0.3, -0.25) is 0 Å². The number of unbranched alkanes of at least 4 members (excludes halogenated alkanes) is 6. The van der Waals surface area contributed by atoms with Crippen LogP contribution in [0.4, 0.5) is 0 Å². The van der Waals surface area contributed by atoms with Crippen molar-refractivity contribution in [3.8, 4) is 12.3 Å². The first-order chi connectivity index (χ1) is 5.91. The molecule has 0 N–H and O–H groups in total. The first kappa shape index (κ1) is 11.5. The SMILES string of the molecule is C#CCCCCCCCCOC. The molecule has 0 saturated carbocycles. The molecule has 0 fully saturated rings. The standard InChI is InChI=1S/C11H20O/c1-3-4-5-6-7-8-9-10-11-12-2/h1H,4-11H2,2H3. The third-order valence-corrected chi connectivity index (χ3v) is 1.92. The number of terminal acetylenes is 1. The summed E-state index contributed by atoms with van der Waals surface area (Å²) in [6.45, 7) is 0.907. The highest BCUT2D eigenvalue weighted by molar-refractivity contribution is 4.82. The number of methoxy groups -OCH3 is 1. The van der Waals surface area contributed by atoms with Gasteiger partial charge in [-0.25, -0.2) is 0 Å². The molecule has 0 amide bonds. The third kappa shape index (κ3) is 9.52. The highest BCUT2D eigenvalue weighted by Crippen LogP contribution is 2.06. The van der Waals surface area contributed by atoms with Crippen molar-refractivity contribution in [1.29, 1.82) is 0 Å². The molecule has 0 aliphatic heterocycles. The zero-order chi connectivity index (χ0) is 9.07. The molecule has 0 unspecified atom stereocenters.